The van der Waals surface area contributed by atoms with Crippen molar-refractivity contribution in [3.05, 3.63) is 99.6 Å². The Hall–Kier alpha value is -3.73. The lowest BCUT2D eigenvalue weighted by molar-refractivity contribution is -0.157. The third-order valence-corrected chi connectivity index (χ3v) is 5.03. The number of carboxylic acid groups (broad SMARTS) is 1. The van der Waals surface area contributed by atoms with Gasteiger partial charge in [-0.1, -0.05) is 42.5 Å². The van der Waals surface area contributed by atoms with Crippen molar-refractivity contribution in [1.29, 1.82) is 0 Å². The van der Waals surface area contributed by atoms with E-state index >= 15 is 0 Å². The second-order valence-corrected chi connectivity index (χ2v) is 7.97. The Morgan fingerprint density at radius 1 is 0.727 bits per heavy atom. The molecule has 3 aromatic carbocycles. The summed E-state index contributed by atoms with van der Waals surface area (Å²) in [7, 11) is 0. The number of anilines is 1. The van der Waals surface area contributed by atoms with E-state index in [1.165, 1.54) is 24.3 Å². The minimum Gasteiger partial charge on any atom is -0.478 e. The Morgan fingerprint density at radius 3 is 1.73 bits per heavy atom. The molecule has 0 aromatic heterocycles. The van der Waals surface area contributed by atoms with Crippen molar-refractivity contribution in [2.45, 2.75) is 12.2 Å². The number of carbonyl (C=O) groups excluding carboxylic acids is 3. The van der Waals surface area contributed by atoms with Crippen molar-refractivity contribution in [3.63, 3.8) is 0 Å². The van der Waals surface area contributed by atoms with Gasteiger partial charge in [0.1, 0.15) is 0 Å². The molecule has 2 atom stereocenters. The number of ether oxygens (including phenoxy) is 2. The molecule has 168 valence electrons. The van der Waals surface area contributed by atoms with Crippen LogP contribution in [0.4, 0.5) is 5.69 Å². The summed E-state index contributed by atoms with van der Waals surface area (Å²) in [5, 5.41) is 12.2. The summed E-state index contributed by atoms with van der Waals surface area (Å²) in [5.74, 6) is -4.54. The van der Waals surface area contributed by atoms with E-state index in [0.29, 0.717) is 5.69 Å². The molecule has 0 spiro atoms. The second kappa shape index (κ2) is 11.2. The normalized spacial score (nSPS) is 12.2. The van der Waals surface area contributed by atoms with Gasteiger partial charge in [-0.2, -0.15) is 0 Å². The lowest BCUT2D eigenvalue weighted by Gasteiger charge is -2.23. The molecular formula is C24H18INO7. The zero-order valence-corrected chi connectivity index (χ0v) is 19.2. The molecule has 0 radical (unpaired) electrons. The molecule has 2 N–H and O–H groups in total. The maximum absolute atomic E-state index is 13.0. The number of hydrogen-bond donors (Lipinski definition) is 2. The number of carboxylic acids is 1. The van der Waals surface area contributed by atoms with Crippen LogP contribution in [0.25, 0.3) is 0 Å². The Bertz CT molecular complexity index is 1150. The van der Waals surface area contributed by atoms with Crippen LogP contribution in [-0.4, -0.2) is 41.1 Å². The zero-order chi connectivity index (χ0) is 23.8. The summed E-state index contributed by atoms with van der Waals surface area (Å²) in [6.07, 6.45) is -4.05. The van der Waals surface area contributed by atoms with Gasteiger partial charge in [0.2, 0.25) is 12.2 Å². The van der Waals surface area contributed by atoms with Gasteiger partial charge >= 0.3 is 17.9 Å². The molecule has 0 aliphatic carbocycles. The van der Waals surface area contributed by atoms with Gasteiger partial charge < -0.3 is 19.9 Å². The molecule has 0 fully saturated rings. The molecule has 3 rings (SSSR count). The van der Waals surface area contributed by atoms with E-state index in [1.807, 2.05) is 22.6 Å². The first-order valence-corrected chi connectivity index (χ1v) is 10.7. The Morgan fingerprint density at radius 2 is 1.24 bits per heavy atom. The summed E-state index contributed by atoms with van der Waals surface area (Å²) in [4.78, 5) is 50.1. The van der Waals surface area contributed by atoms with Crippen LogP contribution < -0.4 is 5.32 Å². The number of benzene rings is 3. The lowest BCUT2D eigenvalue weighted by atomic mass is 10.1. The SMILES string of the molecule is O=C(O[C@H](C(=O)O)[C@@H](OC(=O)c1ccccc1)C(=O)Nc1cccc(I)c1)c1ccccc1. The Labute approximate surface area is 202 Å². The molecule has 0 saturated carbocycles. The number of hydrogen-bond acceptors (Lipinski definition) is 6. The molecule has 0 unspecified atom stereocenters. The minimum absolute atomic E-state index is 0.0786. The highest BCUT2D eigenvalue weighted by atomic mass is 127. The number of amides is 1. The molecule has 0 aliphatic rings. The highest BCUT2D eigenvalue weighted by Crippen LogP contribution is 2.17. The maximum atomic E-state index is 13.0. The molecule has 33 heavy (non-hydrogen) atoms. The summed E-state index contributed by atoms with van der Waals surface area (Å²) in [5.41, 5.74) is 0.532. The van der Waals surface area contributed by atoms with Crippen molar-refractivity contribution >= 4 is 52.1 Å². The van der Waals surface area contributed by atoms with Crippen molar-refractivity contribution in [2.24, 2.45) is 0 Å². The quantitative estimate of drug-likeness (QED) is 0.319. The number of rotatable bonds is 8. The molecule has 0 aliphatic heterocycles. The first kappa shape index (κ1) is 23.9. The van der Waals surface area contributed by atoms with E-state index in [9.17, 15) is 24.3 Å². The fourth-order valence-corrected chi connectivity index (χ4v) is 3.33. The lowest BCUT2D eigenvalue weighted by Crippen LogP contribution is -2.48. The van der Waals surface area contributed by atoms with Gasteiger partial charge in [-0.05, 0) is 65.1 Å². The van der Waals surface area contributed by atoms with Gasteiger partial charge in [-0.15, -0.1) is 0 Å². The Kier molecular flexibility index (Phi) is 8.14. The average Bonchev–Trinajstić information content (AvgIpc) is 2.82. The van der Waals surface area contributed by atoms with E-state index in [4.69, 9.17) is 9.47 Å². The van der Waals surface area contributed by atoms with Crippen molar-refractivity contribution in [1.82, 2.24) is 0 Å². The van der Waals surface area contributed by atoms with Crippen molar-refractivity contribution in [3.8, 4) is 0 Å². The summed E-state index contributed by atoms with van der Waals surface area (Å²) in [6.45, 7) is 0. The molecule has 1 amide bonds. The number of halogens is 1. The predicted octanol–water partition coefficient (Wildman–Crippen LogP) is 3.77. The van der Waals surface area contributed by atoms with Gasteiger partial charge in [-0.25, -0.2) is 14.4 Å². The molecular weight excluding hydrogens is 541 g/mol. The van der Waals surface area contributed by atoms with E-state index in [-0.39, 0.29) is 11.1 Å². The van der Waals surface area contributed by atoms with Crippen LogP contribution >= 0.6 is 22.6 Å². The van der Waals surface area contributed by atoms with Crippen LogP contribution in [0.2, 0.25) is 0 Å². The molecule has 0 saturated heterocycles. The van der Waals surface area contributed by atoms with Gasteiger partial charge in [0.15, 0.2) is 0 Å². The van der Waals surface area contributed by atoms with E-state index in [0.717, 1.165) is 3.57 Å². The predicted molar refractivity (Wildman–Crippen MR) is 127 cm³/mol. The molecule has 3 aromatic rings. The first-order valence-electron chi connectivity index (χ1n) is 9.66. The van der Waals surface area contributed by atoms with E-state index < -0.39 is 36.0 Å². The monoisotopic (exact) mass is 559 g/mol. The van der Waals surface area contributed by atoms with Gasteiger partial charge in [0.05, 0.1) is 11.1 Å². The van der Waals surface area contributed by atoms with Crippen LogP contribution in [-0.2, 0) is 19.1 Å². The first-order chi connectivity index (χ1) is 15.8. The third kappa shape index (κ3) is 6.62. The molecule has 8 nitrogen and oxygen atoms in total. The summed E-state index contributed by atoms with van der Waals surface area (Å²) >= 11 is 2.04. The standard InChI is InChI=1S/C24H18INO7/c25-17-12-7-13-18(14-17)26-21(27)19(32-23(30)15-8-3-1-4-9-15)20(22(28)29)33-24(31)16-10-5-2-6-11-16/h1-14,19-20H,(H,26,27)(H,28,29)/t19-,20+/m1/s1. The summed E-state index contributed by atoms with van der Waals surface area (Å²) in [6, 6.07) is 22.1. The van der Waals surface area contributed by atoms with Crippen molar-refractivity contribution in [2.75, 3.05) is 5.32 Å². The van der Waals surface area contributed by atoms with Crippen molar-refractivity contribution < 1.29 is 33.8 Å². The van der Waals surface area contributed by atoms with Crippen LogP contribution in [0.15, 0.2) is 84.9 Å². The largest absolute Gasteiger partial charge is 0.478 e. The highest BCUT2D eigenvalue weighted by molar-refractivity contribution is 14.1. The maximum Gasteiger partial charge on any atom is 0.349 e. The minimum atomic E-state index is -2.09. The number of nitrogens with one attached hydrogen (secondary N) is 1. The van der Waals surface area contributed by atoms with Crippen LogP contribution in [0.3, 0.4) is 0 Å². The van der Waals surface area contributed by atoms with E-state index in [2.05, 4.69) is 5.32 Å². The number of carbonyl (C=O) groups is 4. The van der Waals surface area contributed by atoms with Crippen LogP contribution in [0, 0.1) is 3.57 Å². The van der Waals surface area contributed by atoms with Crippen LogP contribution in [0.1, 0.15) is 20.7 Å². The van der Waals surface area contributed by atoms with Gasteiger partial charge in [-0.3, -0.25) is 4.79 Å². The molecule has 0 heterocycles. The number of aliphatic carboxylic acids is 1. The molecule has 9 heteroatoms. The Balaban J connectivity index is 1.90. The van der Waals surface area contributed by atoms with Crippen LogP contribution in [0.5, 0.6) is 0 Å². The fourth-order valence-electron chi connectivity index (χ4n) is 2.79. The number of esters is 2. The smallest absolute Gasteiger partial charge is 0.349 e. The molecule has 0 bridgehead atoms. The summed E-state index contributed by atoms with van der Waals surface area (Å²) < 4.78 is 11.2. The highest BCUT2D eigenvalue weighted by Gasteiger charge is 2.41. The second-order valence-electron chi connectivity index (χ2n) is 6.72. The fraction of sp³-hybridized carbons (Fsp3) is 0.0833. The zero-order valence-electron chi connectivity index (χ0n) is 17.0. The van der Waals surface area contributed by atoms with Gasteiger partial charge in [0, 0.05) is 9.26 Å². The topological polar surface area (TPSA) is 119 Å². The van der Waals surface area contributed by atoms with E-state index in [1.54, 1.807) is 60.7 Å². The third-order valence-electron chi connectivity index (χ3n) is 4.36. The average molecular weight is 559 g/mol. The van der Waals surface area contributed by atoms with Gasteiger partial charge in [0.25, 0.3) is 5.91 Å².